The molecule has 2 unspecified atom stereocenters. The van der Waals surface area contributed by atoms with E-state index in [9.17, 15) is 9.50 Å². The maximum absolute atomic E-state index is 13.5. The number of aliphatic hydroxyl groups excluding tert-OH is 1. The van der Waals surface area contributed by atoms with Gasteiger partial charge in [0.15, 0.2) is 0 Å². The summed E-state index contributed by atoms with van der Waals surface area (Å²) < 4.78 is 13.5. The van der Waals surface area contributed by atoms with Crippen molar-refractivity contribution in [3.8, 4) is 0 Å². The van der Waals surface area contributed by atoms with E-state index in [4.69, 9.17) is 0 Å². The Morgan fingerprint density at radius 1 is 1.22 bits per heavy atom. The third-order valence-corrected chi connectivity index (χ3v) is 3.79. The maximum atomic E-state index is 13.5. The van der Waals surface area contributed by atoms with Gasteiger partial charge in [0, 0.05) is 12.6 Å². The molecular formula is C15H22FNO. The SMILES string of the molecule is Cc1cc(CNC2CCCCC2O)cc(C)c1F. The fraction of sp³-hybridized carbons (Fsp3) is 0.600. The summed E-state index contributed by atoms with van der Waals surface area (Å²) in [6.07, 6.45) is 3.98. The lowest BCUT2D eigenvalue weighted by molar-refractivity contribution is 0.0902. The van der Waals surface area contributed by atoms with Crippen LogP contribution in [0.1, 0.15) is 42.4 Å². The van der Waals surface area contributed by atoms with Crippen molar-refractivity contribution in [3.05, 3.63) is 34.6 Å². The van der Waals surface area contributed by atoms with Gasteiger partial charge in [-0.1, -0.05) is 25.0 Å². The van der Waals surface area contributed by atoms with Crippen molar-refractivity contribution in [2.75, 3.05) is 0 Å². The smallest absolute Gasteiger partial charge is 0.129 e. The minimum Gasteiger partial charge on any atom is -0.392 e. The molecular weight excluding hydrogens is 229 g/mol. The van der Waals surface area contributed by atoms with Gasteiger partial charge >= 0.3 is 0 Å². The molecule has 1 aromatic rings. The van der Waals surface area contributed by atoms with Crippen molar-refractivity contribution in [1.82, 2.24) is 5.32 Å². The van der Waals surface area contributed by atoms with Crippen LogP contribution >= 0.6 is 0 Å². The number of hydrogen-bond donors (Lipinski definition) is 2. The van der Waals surface area contributed by atoms with Crippen LogP contribution in [-0.4, -0.2) is 17.3 Å². The fourth-order valence-electron chi connectivity index (χ4n) is 2.74. The summed E-state index contributed by atoms with van der Waals surface area (Å²) in [7, 11) is 0. The van der Waals surface area contributed by atoms with Gasteiger partial charge in [-0.3, -0.25) is 0 Å². The molecule has 0 bridgehead atoms. The van der Waals surface area contributed by atoms with E-state index < -0.39 is 0 Å². The number of halogens is 1. The summed E-state index contributed by atoms with van der Waals surface area (Å²) in [6.45, 7) is 4.28. The highest BCUT2D eigenvalue weighted by atomic mass is 19.1. The Morgan fingerprint density at radius 3 is 2.44 bits per heavy atom. The van der Waals surface area contributed by atoms with Crippen LogP contribution in [0.2, 0.25) is 0 Å². The van der Waals surface area contributed by atoms with Crippen LogP contribution in [0.5, 0.6) is 0 Å². The van der Waals surface area contributed by atoms with Gasteiger partial charge in [0.05, 0.1) is 6.10 Å². The number of rotatable bonds is 3. The Morgan fingerprint density at radius 2 is 1.83 bits per heavy atom. The lowest BCUT2D eigenvalue weighted by Crippen LogP contribution is -2.41. The molecule has 2 nitrogen and oxygen atoms in total. The van der Waals surface area contributed by atoms with Crippen molar-refractivity contribution in [1.29, 1.82) is 0 Å². The predicted octanol–water partition coefficient (Wildman–Crippen LogP) is 2.84. The quantitative estimate of drug-likeness (QED) is 0.866. The second-order valence-electron chi connectivity index (χ2n) is 5.38. The Hall–Kier alpha value is -0.930. The molecule has 1 aromatic carbocycles. The van der Waals surface area contributed by atoms with Gasteiger partial charge in [-0.05, 0) is 43.4 Å². The average molecular weight is 251 g/mol. The topological polar surface area (TPSA) is 32.3 Å². The van der Waals surface area contributed by atoms with E-state index in [0.29, 0.717) is 17.7 Å². The van der Waals surface area contributed by atoms with E-state index in [1.165, 1.54) is 6.42 Å². The number of aliphatic hydroxyl groups is 1. The second-order valence-corrected chi connectivity index (χ2v) is 5.38. The highest BCUT2D eigenvalue weighted by Crippen LogP contribution is 2.19. The van der Waals surface area contributed by atoms with Gasteiger partial charge in [-0.25, -0.2) is 4.39 Å². The Labute approximate surface area is 108 Å². The molecule has 2 atom stereocenters. The summed E-state index contributed by atoms with van der Waals surface area (Å²) in [5.74, 6) is -0.114. The monoisotopic (exact) mass is 251 g/mol. The number of benzene rings is 1. The zero-order chi connectivity index (χ0) is 13.1. The highest BCUT2D eigenvalue weighted by molar-refractivity contribution is 5.30. The minimum absolute atomic E-state index is 0.114. The largest absolute Gasteiger partial charge is 0.392 e. The van der Waals surface area contributed by atoms with Gasteiger partial charge < -0.3 is 10.4 Å². The summed E-state index contributed by atoms with van der Waals surface area (Å²) in [4.78, 5) is 0. The highest BCUT2D eigenvalue weighted by Gasteiger charge is 2.22. The molecule has 1 aliphatic carbocycles. The van der Waals surface area contributed by atoms with Crippen LogP contribution in [0.3, 0.4) is 0 Å². The predicted molar refractivity (Wildman–Crippen MR) is 71.0 cm³/mol. The molecule has 0 saturated heterocycles. The number of aryl methyl sites for hydroxylation is 2. The maximum Gasteiger partial charge on any atom is 0.129 e. The first-order valence-electron chi connectivity index (χ1n) is 6.75. The lowest BCUT2D eigenvalue weighted by atomic mass is 9.92. The molecule has 2 rings (SSSR count). The molecule has 1 aliphatic rings. The second kappa shape index (κ2) is 5.81. The molecule has 100 valence electrons. The van der Waals surface area contributed by atoms with Crippen molar-refractivity contribution < 1.29 is 9.50 Å². The van der Waals surface area contributed by atoms with Crippen molar-refractivity contribution >= 4 is 0 Å². The summed E-state index contributed by atoms with van der Waals surface area (Å²) >= 11 is 0. The first kappa shape index (κ1) is 13.5. The summed E-state index contributed by atoms with van der Waals surface area (Å²) in [6, 6.07) is 3.94. The Bertz CT molecular complexity index is 396. The van der Waals surface area contributed by atoms with Gasteiger partial charge in [0.25, 0.3) is 0 Å². The van der Waals surface area contributed by atoms with E-state index in [1.54, 1.807) is 13.8 Å². The first-order chi connectivity index (χ1) is 8.58. The average Bonchev–Trinajstić information content (AvgIpc) is 2.35. The molecule has 0 aliphatic heterocycles. The molecule has 18 heavy (non-hydrogen) atoms. The van der Waals surface area contributed by atoms with Gasteiger partial charge in [-0.2, -0.15) is 0 Å². The van der Waals surface area contributed by atoms with E-state index >= 15 is 0 Å². The molecule has 0 radical (unpaired) electrons. The Kier molecular flexibility index (Phi) is 4.36. The van der Waals surface area contributed by atoms with Crippen LogP contribution in [0, 0.1) is 19.7 Å². The molecule has 3 heteroatoms. The molecule has 0 aromatic heterocycles. The van der Waals surface area contributed by atoms with Crippen molar-refractivity contribution in [3.63, 3.8) is 0 Å². The third kappa shape index (κ3) is 3.09. The molecule has 1 fully saturated rings. The van der Waals surface area contributed by atoms with Gasteiger partial charge in [0.2, 0.25) is 0 Å². The summed E-state index contributed by atoms with van der Waals surface area (Å²) in [5, 5.41) is 13.3. The third-order valence-electron chi connectivity index (χ3n) is 3.79. The molecule has 2 N–H and O–H groups in total. The first-order valence-corrected chi connectivity index (χ1v) is 6.75. The van der Waals surface area contributed by atoms with E-state index in [0.717, 1.165) is 24.8 Å². The number of hydrogen-bond acceptors (Lipinski definition) is 2. The minimum atomic E-state index is -0.235. The lowest BCUT2D eigenvalue weighted by Gasteiger charge is -2.28. The van der Waals surface area contributed by atoms with Gasteiger partial charge in [-0.15, -0.1) is 0 Å². The van der Waals surface area contributed by atoms with Crippen LogP contribution in [-0.2, 0) is 6.54 Å². The molecule has 0 amide bonds. The fourth-order valence-corrected chi connectivity index (χ4v) is 2.74. The van der Waals surface area contributed by atoms with E-state index in [-0.39, 0.29) is 18.0 Å². The van der Waals surface area contributed by atoms with Crippen molar-refractivity contribution in [2.24, 2.45) is 0 Å². The normalized spacial score (nSPS) is 24.2. The molecule has 0 spiro atoms. The van der Waals surface area contributed by atoms with E-state index in [1.807, 2.05) is 12.1 Å². The number of nitrogens with one attached hydrogen (secondary N) is 1. The molecule has 0 heterocycles. The van der Waals surface area contributed by atoms with E-state index in [2.05, 4.69) is 5.32 Å². The zero-order valence-electron chi connectivity index (χ0n) is 11.2. The van der Waals surface area contributed by atoms with Crippen LogP contribution in [0.25, 0.3) is 0 Å². The van der Waals surface area contributed by atoms with Gasteiger partial charge in [0.1, 0.15) is 5.82 Å². The van der Waals surface area contributed by atoms with Crippen LogP contribution in [0.4, 0.5) is 4.39 Å². The standard InChI is InChI=1S/C15H22FNO/c1-10-7-12(8-11(2)15(10)16)9-17-13-5-3-4-6-14(13)18/h7-8,13-14,17-18H,3-6,9H2,1-2H3. The zero-order valence-corrected chi connectivity index (χ0v) is 11.2. The Balaban J connectivity index is 1.97. The summed E-state index contributed by atoms with van der Waals surface area (Å²) in [5.41, 5.74) is 2.47. The molecule has 1 saturated carbocycles. The van der Waals surface area contributed by atoms with Crippen molar-refractivity contribution in [2.45, 2.75) is 58.2 Å². The van der Waals surface area contributed by atoms with Crippen LogP contribution in [0.15, 0.2) is 12.1 Å². The van der Waals surface area contributed by atoms with Crippen LogP contribution < -0.4 is 5.32 Å².